The highest BCUT2D eigenvalue weighted by Gasteiger charge is 2.33. The molecular weight excluding hydrogens is 358 g/mol. The second-order valence-corrected chi connectivity index (χ2v) is 6.77. The van der Waals surface area contributed by atoms with Gasteiger partial charge in [0.2, 0.25) is 0 Å². The summed E-state index contributed by atoms with van der Waals surface area (Å²) in [7, 11) is 0. The smallest absolute Gasteiger partial charge is 0.339 e. The molecule has 1 unspecified atom stereocenters. The standard InChI is InChI=1S/C22H21NO5/c1-3-7-13(2)23-18(24)12-28-22(27)17-11-6-10-16-19(17)21(26)15-9-5-4-8-14(15)20(16)25/h4-6,8-11,13H,3,7,12H2,1-2H3,(H,23,24). The molecule has 3 rings (SSSR count). The van der Waals surface area contributed by atoms with Crippen LogP contribution in [0, 0.1) is 0 Å². The van der Waals surface area contributed by atoms with E-state index in [1.165, 1.54) is 18.2 Å². The molecule has 2 aromatic rings. The van der Waals surface area contributed by atoms with E-state index in [9.17, 15) is 19.2 Å². The van der Waals surface area contributed by atoms with Gasteiger partial charge in [0.25, 0.3) is 5.91 Å². The third kappa shape index (κ3) is 3.71. The lowest BCUT2D eigenvalue weighted by molar-refractivity contribution is -0.124. The molecule has 1 atom stereocenters. The summed E-state index contributed by atoms with van der Waals surface area (Å²) in [4.78, 5) is 50.1. The topological polar surface area (TPSA) is 89.5 Å². The highest BCUT2D eigenvalue weighted by atomic mass is 16.5. The van der Waals surface area contributed by atoms with Crippen molar-refractivity contribution in [3.05, 3.63) is 70.3 Å². The molecule has 6 heteroatoms. The fourth-order valence-corrected chi connectivity index (χ4v) is 3.35. The third-order valence-electron chi connectivity index (χ3n) is 4.64. The van der Waals surface area contributed by atoms with E-state index in [2.05, 4.69) is 5.32 Å². The van der Waals surface area contributed by atoms with E-state index < -0.39 is 24.3 Å². The van der Waals surface area contributed by atoms with Crippen molar-refractivity contribution in [1.29, 1.82) is 0 Å². The van der Waals surface area contributed by atoms with Gasteiger partial charge in [0.1, 0.15) is 0 Å². The van der Waals surface area contributed by atoms with Crippen LogP contribution in [-0.4, -0.2) is 36.1 Å². The first-order valence-corrected chi connectivity index (χ1v) is 9.22. The number of esters is 1. The Labute approximate surface area is 162 Å². The Bertz CT molecular complexity index is 963. The molecule has 1 aliphatic rings. The highest BCUT2D eigenvalue weighted by molar-refractivity contribution is 6.30. The minimum atomic E-state index is -0.810. The Hall–Kier alpha value is -3.28. The molecule has 1 amide bonds. The zero-order valence-corrected chi connectivity index (χ0v) is 15.8. The number of carbonyl (C=O) groups is 4. The predicted octanol–water partition coefficient (Wildman–Crippen LogP) is 2.92. The summed E-state index contributed by atoms with van der Waals surface area (Å²) < 4.78 is 5.09. The quantitative estimate of drug-likeness (QED) is 0.665. The van der Waals surface area contributed by atoms with Crippen molar-refractivity contribution >= 4 is 23.4 Å². The summed E-state index contributed by atoms with van der Waals surface area (Å²) in [6.45, 7) is 3.44. The Morgan fingerprint density at radius 3 is 2.29 bits per heavy atom. The van der Waals surface area contributed by atoms with Crippen LogP contribution >= 0.6 is 0 Å². The second-order valence-electron chi connectivity index (χ2n) is 6.77. The maximum Gasteiger partial charge on any atom is 0.339 e. The van der Waals surface area contributed by atoms with Gasteiger partial charge in [0, 0.05) is 28.3 Å². The van der Waals surface area contributed by atoms with E-state index in [1.54, 1.807) is 24.3 Å². The summed E-state index contributed by atoms with van der Waals surface area (Å²) in [5.74, 6) is -1.94. The zero-order valence-electron chi connectivity index (χ0n) is 15.8. The van der Waals surface area contributed by atoms with Crippen molar-refractivity contribution in [2.75, 3.05) is 6.61 Å². The molecule has 0 aromatic heterocycles. The number of benzene rings is 2. The van der Waals surface area contributed by atoms with E-state index in [1.807, 2.05) is 13.8 Å². The molecule has 0 fully saturated rings. The van der Waals surface area contributed by atoms with E-state index >= 15 is 0 Å². The molecule has 0 radical (unpaired) electrons. The van der Waals surface area contributed by atoms with Crippen molar-refractivity contribution in [3.8, 4) is 0 Å². The largest absolute Gasteiger partial charge is 0.452 e. The van der Waals surface area contributed by atoms with Gasteiger partial charge in [-0.2, -0.15) is 0 Å². The lowest BCUT2D eigenvalue weighted by atomic mass is 9.82. The zero-order chi connectivity index (χ0) is 20.3. The van der Waals surface area contributed by atoms with Crippen molar-refractivity contribution in [3.63, 3.8) is 0 Å². The van der Waals surface area contributed by atoms with Crippen LogP contribution in [0.3, 0.4) is 0 Å². The Morgan fingerprint density at radius 1 is 0.964 bits per heavy atom. The normalized spacial score (nSPS) is 13.4. The molecule has 0 bridgehead atoms. The van der Waals surface area contributed by atoms with Gasteiger partial charge in [-0.3, -0.25) is 14.4 Å². The minimum absolute atomic E-state index is 0.0141. The van der Waals surface area contributed by atoms with Crippen LogP contribution in [0.25, 0.3) is 0 Å². The van der Waals surface area contributed by atoms with Gasteiger partial charge in [0.15, 0.2) is 18.2 Å². The SMILES string of the molecule is CCCC(C)NC(=O)COC(=O)c1cccc2c1C(=O)c1ccccc1C2=O. The first kappa shape index (κ1) is 19.5. The van der Waals surface area contributed by atoms with Crippen LogP contribution in [0.1, 0.15) is 68.9 Å². The van der Waals surface area contributed by atoms with Crippen LogP contribution in [0.15, 0.2) is 42.5 Å². The van der Waals surface area contributed by atoms with Gasteiger partial charge >= 0.3 is 5.97 Å². The summed E-state index contributed by atoms with van der Waals surface area (Å²) in [5.41, 5.74) is 0.746. The first-order valence-electron chi connectivity index (χ1n) is 9.22. The number of nitrogens with one attached hydrogen (secondary N) is 1. The molecule has 2 aromatic carbocycles. The molecule has 0 saturated heterocycles. The number of hydrogen-bond donors (Lipinski definition) is 1. The van der Waals surface area contributed by atoms with Crippen molar-refractivity contribution in [2.45, 2.75) is 32.7 Å². The molecule has 0 spiro atoms. The maximum absolute atomic E-state index is 12.9. The molecule has 0 saturated carbocycles. The van der Waals surface area contributed by atoms with E-state index in [0.717, 1.165) is 12.8 Å². The molecule has 1 N–H and O–H groups in total. The third-order valence-corrected chi connectivity index (χ3v) is 4.64. The summed E-state index contributed by atoms with van der Waals surface area (Å²) in [5, 5.41) is 2.74. The number of ether oxygens (including phenoxy) is 1. The first-order chi connectivity index (χ1) is 13.4. The van der Waals surface area contributed by atoms with E-state index in [-0.39, 0.29) is 34.1 Å². The number of rotatable bonds is 6. The monoisotopic (exact) mass is 379 g/mol. The summed E-state index contributed by atoms with van der Waals surface area (Å²) in [6, 6.07) is 10.9. The summed E-state index contributed by atoms with van der Waals surface area (Å²) >= 11 is 0. The Morgan fingerprint density at radius 2 is 1.61 bits per heavy atom. The lowest BCUT2D eigenvalue weighted by Gasteiger charge is -2.19. The van der Waals surface area contributed by atoms with Gasteiger partial charge in [-0.1, -0.05) is 49.7 Å². The molecular formula is C22H21NO5. The Kier molecular flexibility index (Phi) is 5.68. The van der Waals surface area contributed by atoms with Crippen LogP contribution in [0.5, 0.6) is 0 Å². The maximum atomic E-state index is 12.9. The highest BCUT2D eigenvalue weighted by Crippen LogP contribution is 2.29. The van der Waals surface area contributed by atoms with Gasteiger partial charge in [-0.05, 0) is 19.4 Å². The lowest BCUT2D eigenvalue weighted by Crippen LogP contribution is -2.36. The van der Waals surface area contributed by atoms with Crippen LogP contribution in [0.4, 0.5) is 0 Å². The fourth-order valence-electron chi connectivity index (χ4n) is 3.35. The van der Waals surface area contributed by atoms with Crippen LogP contribution < -0.4 is 5.32 Å². The molecule has 144 valence electrons. The van der Waals surface area contributed by atoms with Crippen molar-refractivity contribution in [2.24, 2.45) is 0 Å². The average Bonchev–Trinajstić information content (AvgIpc) is 2.69. The molecule has 1 aliphatic carbocycles. The molecule has 6 nitrogen and oxygen atoms in total. The Balaban J connectivity index is 1.81. The van der Waals surface area contributed by atoms with Gasteiger partial charge in [-0.15, -0.1) is 0 Å². The van der Waals surface area contributed by atoms with E-state index in [0.29, 0.717) is 5.56 Å². The number of ketones is 2. The van der Waals surface area contributed by atoms with Crippen molar-refractivity contribution in [1.82, 2.24) is 5.32 Å². The number of amides is 1. The molecule has 0 aliphatic heterocycles. The molecule has 0 heterocycles. The fraction of sp³-hybridized carbons (Fsp3) is 0.273. The van der Waals surface area contributed by atoms with Crippen molar-refractivity contribution < 1.29 is 23.9 Å². The van der Waals surface area contributed by atoms with Gasteiger partial charge < -0.3 is 10.1 Å². The predicted molar refractivity (Wildman–Crippen MR) is 103 cm³/mol. The van der Waals surface area contributed by atoms with Crippen LogP contribution in [0.2, 0.25) is 0 Å². The summed E-state index contributed by atoms with van der Waals surface area (Å²) in [6.07, 6.45) is 1.75. The van der Waals surface area contributed by atoms with Gasteiger partial charge in [0.05, 0.1) is 5.56 Å². The number of hydrogen-bond acceptors (Lipinski definition) is 5. The average molecular weight is 379 g/mol. The van der Waals surface area contributed by atoms with Crippen LogP contribution in [-0.2, 0) is 9.53 Å². The minimum Gasteiger partial charge on any atom is -0.452 e. The number of carbonyl (C=O) groups excluding carboxylic acids is 4. The van der Waals surface area contributed by atoms with E-state index in [4.69, 9.17) is 4.74 Å². The second kappa shape index (κ2) is 8.17. The van der Waals surface area contributed by atoms with Gasteiger partial charge in [-0.25, -0.2) is 4.79 Å². The molecule has 28 heavy (non-hydrogen) atoms. The number of fused-ring (bicyclic) bond motifs is 2.